The van der Waals surface area contributed by atoms with E-state index in [2.05, 4.69) is 20.8 Å². The molecule has 0 aromatic heterocycles. The van der Waals surface area contributed by atoms with E-state index >= 15 is 0 Å². The number of nitro groups is 1. The van der Waals surface area contributed by atoms with Gasteiger partial charge in [0, 0.05) is 10.5 Å². The average molecular weight is 261 g/mol. The summed E-state index contributed by atoms with van der Waals surface area (Å²) in [6.07, 6.45) is -0.497. The van der Waals surface area contributed by atoms with Crippen LogP contribution >= 0.6 is 15.9 Å². The molecule has 76 valence electrons. The first-order chi connectivity index (χ1) is 6.56. The molecular formula is C8H9BrN2O3. The van der Waals surface area contributed by atoms with Crippen LogP contribution in [0.25, 0.3) is 0 Å². The maximum absolute atomic E-state index is 10.7. The summed E-state index contributed by atoms with van der Waals surface area (Å²) in [6.45, 7) is 1.65. The summed E-state index contributed by atoms with van der Waals surface area (Å²) in [5.41, 5.74) is 0.457. The molecule has 1 aromatic carbocycles. The van der Waals surface area contributed by atoms with Gasteiger partial charge in [-0.15, -0.1) is 0 Å². The molecule has 1 atom stereocenters. The average Bonchev–Trinajstić information content (AvgIpc) is 2.16. The van der Waals surface area contributed by atoms with Crippen LogP contribution in [0.2, 0.25) is 0 Å². The fraction of sp³-hybridized carbons (Fsp3) is 0.250. The molecule has 6 heteroatoms. The summed E-state index contributed by atoms with van der Waals surface area (Å²) in [7, 11) is 0. The van der Waals surface area contributed by atoms with Crippen molar-refractivity contribution in [3.63, 3.8) is 0 Å². The summed E-state index contributed by atoms with van der Waals surface area (Å²) >= 11 is 3.16. The Morgan fingerprint density at radius 3 is 2.79 bits per heavy atom. The lowest BCUT2D eigenvalue weighted by atomic mass is 10.1. The van der Waals surface area contributed by atoms with Crippen LogP contribution in [0.4, 0.5) is 5.69 Å². The van der Waals surface area contributed by atoms with E-state index in [4.69, 9.17) is 5.90 Å². The predicted octanol–water partition coefficient (Wildman–Crippen LogP) is 2.31. The van der Waals surface area contributed by atoms with Crippen molar-refractivity contribution >= 4 is 21.6 Å². The standard InChI is InChI=1S/C8H9BrN2O3/c1-5(14-10)7-3-2-6(9)4-8(7)11(12)13/h2-5H,10H2,1H3. The molecule has 0 saturated heterocycles. The van der Waals surface area contributed by atoms with E-state index in [1.165, 1.54) is 6.07 Å². The maximum Gasteiger partial charge on any atom is 0.276 e. The molecule has 1 aromatic rings. The van der Waals surface area contributed by atoms with Gasteiger partial charge in [0.05, 0.1) is 10.5 Å². The second kappa shape index (κ2) is 4.50. The zero-order valence-corrected chi connectivity index (χ0v) is 9.02. The monoisotopic (exact) mass is 260 g/mol. The van der Waals surface area contributed by atoms with Gasteiger partial charge in [0.2, 0.25) is 0 Å². The quantitative estimate of drug-likeness (QED) is 0.668. The number of nitrogens with zero attached hydrogens (tertiary/aromatic N) is 1. The molecule has 0 radical (unpaired) electrons. The zero-order chi connectivity index (χ0) is 10.7. The van der Waals surface area contributed by atoms with Crippen LogP contribution < -0.4 is 5.90 Å². The van der Waals surface area contributed by atoms with Gasteiger partial charge in [-0.05, 0) is 19.1 Å². The van der Waals surface area contributed by atoms with Gasteiger partial charge in [-0.3, -0.25) is 15.0 Å². The molecule has 0 aliphatic carbocycles. The largest absolute Gasteiger partial charge is 0.297 e. The van der Waals surface area contributed by atoms with Crippen molar-refractivity contribution in [3.05, 3.63) is 38.3 Å². The molecule has 2 N–H and O–H groups in total. The molecule has 0 aliphatic rings. The van der Waals surface area contributed by atoms with Crippen molar-refractivity contribution < 1.29 is 9.76 Å². The second-order valence-corrected chi connectivity index (χ2v) is 3.65. The predicted molar refractivity (Wildman–Crippen MR) is 54.5 cm³/mol. The van der Waals surface area contributed by atoms with Crippen LogP contribution in [0.1, 0.15) is 18.6 Å². The zero-order valence-electron chi connectivity index (χ0n) is 7.44. The lowest BCUT2D eigenvalue weighted by Gasteiger charge is -2.09. The van der Waals surface area contributed by atoms with Crippen molar-refractivity contribution in [2.45, 2.75) is 13.0 Å². The van der Waals surface area contributed by atoms with Gasteiger partial charge in [-0.2, -0.15) is 0 Å². The Labute approximate surface area is 89.1 Å². The van der Waals surface area contributed by atoms with E-state index in [0.717, 1.165) is 0 Å². The summed E-state index contributed by atoms with van der Waals surface area (Å²) < 4.78 is 0.650. The highest BCUT2D eigenvalue weighted by Gasteiger charge is 2.19. The van der Waals surface area contributed by atoms with E-state index in [1.807, 2.05) is 0 Å². The van der Waals surface area contributed by atoms with Crippen LogP contribution in [-0.2, 0) is 4.84 Å². The molecule has 5 nitrogen and oxygen atoms in total. The number of rotatable bonds is 3. The van der Waals surface area contributed by atoms with Crippen LogP contribution in [0, 0.1) is 10.1 Å². The van der Waals surface area contributed by atoms with Crippen LogP contribution in [-0.4, -0.2) is 4.92 Å². The highest BCUT2D eigenvalue weighted by Crippen LogP contribution is 2.29. The molecule has 0 amide bonds. The van der Waals surface area contributed by atoms with E-state index in [0.29, 0.717) is 10.0 Å². The van der Waals surface area contributed by atoms with Crippen LogP contribution in [0.5, 0.6) is 0 Å². The van der Waals surface area contributed by atoms with Gasteiger partial charge in [0.25, 0.3) is 5.69 Å². The molecule has 1 unspecified atom stereocenters. The number of nitro benzene ring substituents is 1. The van der Waals surface area contributed by atoms with Crippen molar-refractivity contribution in [3.8, 4) is 0 Å². The number of hydrogen-bond donors (Lipinski definition) is 1. The molecule has 0 bridgehead atoms. The fourth-order valence-corrected chi connectivity index (χ4v) is 1.44. The minimum Gasteiger partial charge on any atom is -0.297 e. The van der Waals surface area contributed by atoms with E-state index < -0.39 is 11.0 Å². The molecule has 0 fully saturated rings. The first-order valence-corrected chi connectivity index (χ1v) is 4.65. The van der Waals surface area contributed by atoms with Crippen molar-refractivity contribution in [2.24, 2.45) is 5.90 Å². The van der Waals surface area contributed by atoms with Crippen molar-refractivity contribution in [2.75, 3.05) is 0 Å². The summed E-state index contributed by atoms with van der Waals surface area (Å²) in [5, 5.41) is 10.7. The third kappa shape index (κ3) is 2.28. The second-order valence-electron chi connectivity index (χ2n) is 2.74. The van der Waals surface area contributed by atoms with E-state index in [-0.39, 0.29) is 5.69 Å². The smallest absolute Gasteiger partial charge is 0.276 e. The van der Waals surface area contributed by atoms with E-state index in [1.54, 1.807) is 19.1 Å². The normalized spacial score (nSPS) is 12.5. The molecule has 0 saturated carbocycles. The highest BCUT2D eigenvalue weighted by molar-refractivity contribution is 9.10. The lowest BCUT2D eigenvalue weighted by molar-refractivity contribution is -0.386. The van der Waals surface area contributed by atoms with Crippen molar-refractivity contribution in [1.82, 2.24) is 0 Å². The third-order valence-electron chi connectivity index (χ3n) is 1.83. The third-order valence-corrected chi connectivity index (χ3v) is 2.32. The first-order valence-electron chi connectivity index (χ1n) is 3.85. The van der Waals surface area contributed by atoms with Crippen molar-refractivity contribution in [1.29, 1.82) is 0 Å². The van der Waals surface area contributed by atoms with Gasteiger partial charge in [-0.1, -0.05) is 15.9 Å². The van der Waals surface area contributed by atoms with Crippen LogP contribution in [0.15, 0.2) is 22.7 Å². The van der Waals surface area contributed by atoms with Crippen LogP contribution in [0.3, 0.4) is 0 Å². The molecule has 14 heavy (non-hydrogen) atoms. The number of halogens is 1. The van der Waals surface area contributed by atoms with E-state index in [9.17, 15) is 10.1 Å². The Morgan fingerprint density at radius 1 is 1.64 bits per heavy atom. The van der Waals surface area contributed by atoms with Gasteiger partial charge < -0.3 is 0 Å². The molecule has 1 rings (SSSR count). The van der Waals surface area contributed by atoms with Gasteiger partial charge in [0.15, 0.2) is 0 Å². The summed E-state index contributed by atoms with van der Waals surface area (Å²) in [6, 6.07) is 4.74. The fourth-order valence-electron chi connectivity index (χ4n) is 1.09. The highest BCUT2D eigenvalue weighted by atomic mass is 79.9. The maximum atomic E-state index is 10.7. The Balaban J connectivity index is 3.21. The SMILES string of the molecule is CC(ON)c1ccc(Br)cc1[N+](=O)[O-]. The lowest BCUT2D eigenvalue weighted by Crippen LogP contribution is -2.07. The van der Waals surface area contributed by atoms with Gasteiger partial charge in [0.1, 0.15) is 6.10 Å². The molecule has 0 aliphatic heterocycles. The van der Waals surface area contributed by atoms with Gasteiger partial charge in [-0.25, -0.2) is 5.90 Å². The minimum atomic E-state index is -0.497. The number of benzene rings is 1. The van der Waals surface area contributed by atoms with Gasteiger partial charge >= 0.3 is 0 Å². The first kappa shape index (κ1) is 11.1. The minimum absolute atomic E-state index is 0.00248. The summed E-state index contributed by atoms with van der Waals surface area (Å²) in [5.74, 6) is 4.98. The molecular weight excluding hydrogens is 252 g/mol. The Bertz CT molecular complexity index is 356. The Kier molecular flexibility index (Phi) is 3.56. The topological polar surface area (TPSA) is 78.4 Å². The molecule has 0 heterocycles. The Morgan fingerprint density at radius 2 is 2.29 bits per heavy atom. The Hall–Kier alpha value is -0.980. The summed E-state index contributed by atoms with van der Waals surface area (Å²) in [4.78, 5) is 14.8. The number of nitrogens with two attached hydrogens (primary N) is 1. The molecule has 0 spiro atoms. The number of hydrogen-bond acceptors (Lipinski definition) is 4.